The minimum absolute atomic E-state index is 0.0995. The average Bonchev–Trinajstić information content (AvgIpc) is 2.55. The first-order valence-corrected chi connectivity index (χ1v) is 8.24. The fourth-order valence-electron chi connectivity index (χ4n) is 2.62. The fourth-order valence-corrected chi connectivity index (χ4v) is 2.62. The van der Waals surface area contributed by atoms with Gasteiger partial charge in [0.25, 0.3) is 0 Å². The zero-order valence-electron chi connectivity index (χ0n) is 14.4. The zero-order valence-corrected chi connectivity index (χ0v) is 14.4. The van der Waals surface area contributed by atoms with Crippen LogP contribution in [0.25, 0.3) is 0 Å². The monoisotopic (exact) mass is 307 g/mol. The molecule has 120 valence electrons. The Hall–Kier alpha value is -2.22. The van der Waals surface area contributed by atoms with Crippen LogP contribution in [0.2, 0.25) is 0 Å². The number of para-hydroxylation sites is 1. The molecule has 2 heteroatoms. The van der Waals surface area contributed by atoms with E-state index in [1.54, 1.807) is 6.21 Å². The molecule has 2 rings (SSSR count). The second-order valence-electron chi connectivity index (χ2n) is 6.40. The van der Waals surface area contributed by atoms with Gasteiger partial charge < -0.3 is 0 Å². The standard InChI is InChI=1S/C21H25NO/c1-15(2)18-11-8-12-19(16(3)4)21(18)22-14-13-20(23)17-9-6-5-7-10-17/h5-12,14-16H,13H2,1-4H3. The maximum Gasteiger partial charge on any atom is 0.168 e. The molecule has 2 aromatic carbocycles. The number of benzene rings is 2. The molecule has 0 aromatic heterocycles. The molecule has 2 aromatic rings. The maximum atomic E-state index is 12.2. The first-order chi connectivity index (χ1) is 11.0. The molecule has 0 heterocycles. The predicted octanol–water partition coefficient (Wildman–Crippen LogP) is 5.91. The normalized spacial score (nSPS) is 11.6. The van der Waals surface area contributed by atoms with Crippen molar-refractivity contribution in [2.24, 2.45) is 4.99 Å². The van der Waals surface area contributed by atoms with Crippen LogP contribution in [-0.4, -0.2) is 12.0 Å². The molecule has 0 saturated carbocycles. The van der Waals surface area contributed by atoms with Gasteiger partial charge in [-0.05, 0) is 23.0 Å². The molecule has 0 fully saturated rings. The number of ketones is 1. The lowest BCUT2D eigenvalue weighted by atomic mass is 9.93. The number of carbonyl (C=O) groups excluding carboxylic acids is 1. The van der Waals surface area contributed by atoms with Crippen LogP contribution in [0.4, 0.5) is 5.69 Å². The lowest BCUT2D eigenvalue weighted by molar-refractivity contribution is 0.100. The highest BCUT2D eigenvalue weighted by atomic mass is 16.1. The SMILES string of the molecule is CC(C)c1cccc(C(C)C)c1N=CCC(=O)c1ccccc1. The number of Topliss-reactive ketones (excluding diaryl/α,β-unsaturated/α-hetero) is 1. The number of rotatable bonds is 6. The van der Waals surface area contributed by atoms with Gasteiger partial charge in [-0.3, -0.25) is 9.79 Å². The van der Waals surface area contributed by atoms with E-state index in [0.717, 1.165) is 11.3 Å². The van der Waals surface area contributed by atoms with Crippen LogP contribution in [-0.2, 0) is 0 Å². The molecule has 0 aliphatic carbocycles. The summed E-state index contributed by atoms with van der Waals surface area (Å²) in [4.78, 5) is 16.8. The molecule has 0 radical (unpaired) electrons. The number of hydrogen-bond donors (Lipinski definition) is 0. The molecule has 2 nitrogen and oxygen atoms in total. The highest BCUT2D eigenvalue weighted by molar-refractivity contribution is 6.03. The van der Waals surface area contributed by atoms with Crippen molar-refractivity contribution in [3.05, 3.63) is 65.2 Å². The van der Waals surface area contributed by atoms with Crippen molar-refractivity contribution in [2.75, 3.05) is 0 Å². The summed E-state index contributed by atoms with van der Waals surface area (Å²) in [6.07, 6.45) is 2.08. The molecule has 0 aliphatic rings. The van der Waals surface area contributed by atoms with E-state index < -0.39 is 0 Å². The Morgan fingerprint density at radius 1 is 0.913 bits per heavy atom. The van der Waals surface area contributed by atoms with Gasteiger partial charge in [-0.1, -0.05) is 76.2 Å². The van der Waals surface area contributed by atoms with Crippen molar-refractivity contribution in [2.45, 2.75) is 46.0 Å². The van der Waals surface area contributed by atoms with Crippen molar-refractivity contribution in [1.82, 2.24) is 0 Å². The van der Waals surface area contributed by atoms with Gasteiger partial charge in [0.05, 0.1) is 5.69 Å². The molecule has 0 N–H and O–H groups in total. The molecule has 23 heavy (non-hydrogen) atoms. The quantitative estimate of drug-likeness (QED) is 0.482. The van der Waals surface area contributed by atoms with Crippen LogP contribution in [0, 0.1) is 0 Å². The minimum atomic E-state index is 0.0995. The van der Waals surface area contributed by atoms with E-state index in [0.29, 0.717) is 18.3 Å². The lowest BCUT2D eigenvalue weighted by Gasteiger charge is -2.16. The Morgan fingerprint density at radius 2 is 1.48 bits per heavy atom. The van der Waals surface area contributed by atoms with Crippen LogP contribution < -0.4 is 0 Å². The predicted molar refractivity (Wildman–Crippen MR) is 98.2 cm³/mol. The van der Waals surface area contributed by atoms with Gasteiger partial charge in [0, 0.05) is 18.2 Å². The third kappa shape index (κ3) is 4.38. The molecule has 0 amide bonds. The third-order valence-electron chi connectivity index (χ3n) is 3.94. The Labute approximate surface area is 139 Å². The largest absolute Gasteiger partial charge is 0.294 e. The van der Waals surface area contributed by atoms with E-state index in [4.69, 9.17) is 0 Å². The van der Waals surface area contributed by atoms with Crippen molar-refractivity contribution in [3.63, 3.8) is 0 Å². The number of hydrogen-bond acceptors (Lipinski definition) is 2. The number of aliphatic imine (C=N–C) groups is 1. The Balaban J connectivity index is 2.23. The van der Waals surface area contributed by atoms with Crippen molar-refractivity contribution in [1.29, 1.82) is 0 Å². The summed E-state index contributed by atoms with van der Waals surface area (Å²) < 4.78 is 0. The van der Waals surface area contributed by atoms with Crippen LogP contribution in [0.5, 0.6) is 0 Å². The smallest absolute Gasteiger partial charge is 0.168 e. The first-order valence-electron chi connectivity index (χ1n) is 8.24. The Morgan fingerprint density at radius 3 is 2.00 bits per heavy atom. The van der Waals surface area contributed by atoms with Crippen LogP contribution in [0.15, 0.2) is 53.5 Å². The van der Waals surface area contributed by atoms with E-state index >= 15 is 0 Å². The molecule has 0 bridgehead atoms. The number of nitrogens with zero attached hydrogens (tertiary/aromatic N) is 1. The van der Waals surface area contributed by atoms with Crippen molar-refractivity contribution >= 4 is 17.7 Å². The zero-order chi connectivity index (χ0) is 16.8. The van der Waals surface area contributed by atoms with E-state index in [2.05, 4.69) is 50.9 Å². The molecule has 0 unspecified atom stereocenters. The van der Waals surface area contributed by atoms with Gasteiger partial charge in [-0.15, -0.1) is 0 Å². The Kier molecular flexibility index (Phi) is 5.86. The topological polar surface area (TPSA) is 29.4 Å². The summed E-state index contributed by atoms with van der Waals surface area (Å²) in [5, 5.41) is 0. The van der Waals surface area contributed by atoms with Crippen LogP contribution in [0.1, 0.15) is 67.4 Å². The van der Waals surface area contributed by atoms with Gasteiger partial charge in [-0.25, -0.2) is 0 Å². The number of carbonyl (C=O) groups is 1. The molecular formula is C21H25NO. The van der Waals surface area contributed by atoms with E-state index in [9.17, 15) is 4.79 Å². The minimum Gasteiger partial charge on any atom is -0.294 e. The third-order valence-corrected chi connectivity index (χ3v) is 3.94. The highest BCUT2D eigenvalue weighted by Crippen LogP contribution is 2.34. The Bertz CT molecular complexity index is 658. The van der Waals surface area contributed by atoms with Gasteiger partial charge in [0.15, 0.2) is 5.78 Å². The summed E-state index contributed by atoms with van der Waals surface area (Å²) in [6.45, 7) is 8.70. The summed E-state index contributed by atoms with van der Waals surface area (Å²) in [6, 6.07) is 15.7. The summed E-state index contributed by atoms with van der Waals surface area (Å²) in [7, 11) is 0. The van der Waals surface area contributed by atoms with E-state index in [-0.39, 0.29) is 5.78 Å². The molecule has 0 spiro atoms. The first kappa shape index (κ1) is 17.1. The van der Waals surface area contributed by atoms with E-state index in [1.165, 1.54) is 11.1 Å². The van der Waals surface area contributed by atoms with Gasteiger partial charge in [0.1, 0.15) is 0 Å². The summed E-state index contributed by atoms with van der Waals surface area (Å²) in [5.41, 5.74) is 4.23. The van der Waals surface area contributed by atoms with Gasteiger partial charge in [0.2, 0.25) is 0 Å². The van der Waals surface area contributed by atoms with Crippen molar-refractivity contribution < 1.29 is 4.79 Å². The molecule has 0 saturated heterocycles. The van der Waals surface area contributed by atoms with Crippen LogP contribution >= 0.6 is 0 Å². The average molecular weight is 307 g/mol. The summed E-state index contributed by atoms with van der Waals surface area (Å²) in [5.74, 6) is 0.916. The summed E-state index contributed by atoms with van der Waals surface area (Å²) >= 11 is 0. The highest BCUT2D eigenvalue weighted by Gasteiger charge is 2.12. The van der Waals surface area contributed by atoms with Gasteiger partial charge in [-0.2, -0.15) is 0 Å². The van der Waals surface area contributed by atoms with Crippen molar-refractivity contribution in [3.8, 4) is 0 Å². The fraction of sp³-hybridized carbons (Fsp3) is 0.333. The second kappa shape index (κ2) is 7.87. The second-order valence-corrected chi connectivity index (χ2v) is 6.40. The van der Waals surface area contributed by atoms with Gasteiger partial charge >= 0.3 is 0 Å². The maximum absolute atomic E-state index is 12.2. The molecule has 0 aliphatic heterocycles. The van der Waals surface area contributed by atoms with E-state index in [1.807, 2.05) is 30.3 Å². The molecule has 0 atom stereocenters. The van der Waals surface area contributed by atoms with Crippen LogP contribution in [0.3, 0.4) is 0 Å². The lowest BCUT2D eigenvalue weighted by Crippen LogP contribution is -2.00. The molecular weight excluding hydrogens is 282 g/mol.